The molecular formula is C18H19N5O2. The number of nitrogens with zero attached hydrogens (tertiary/aromatic N) is 4. The number of aromatic nitrogens is 2. The Bertz CT molecular complexity index is 840. The van der Waals surface area contributed by atoms with E-state index in [1.165, 1.54) is 6.92 Å². The van der Waals surface area contributed by atoms with Crippen molar-refractivity contribution in [3.8, 4) is 12.1 Å². The lowest BCUT2D eigenvalue weighted by Gasteiger charge is -2.22. The number of carbonyl (C=O) groups is 1. The number of nitriles is 1. The Morgan fingerprint density at radius 3 is 2.64 bits per heavy atom. The lowest BCUT2D eigenvalue weighted by molar-refractivity contribution is -0.132. The fourth-order valence-electron chi connectivity index (χ4n) is 3.00. The van der Waals surface area contributed by atoms with Gasteiger partial charge in [0.2, 0.25) is 0 Å². The lowest BCUT2D eigenvalue weighted by Crippen LogP contribution is -2.19. The van der Waals surface area contributed by atoms with Gasteiger partial charge in [0.25, 0.3) is 0 Å². The van der Waals surface area contributed by atoms with Crippen molar-refractivity contribution in [2.45, 2.75) is 25.8 Å². The van der Waals surface area contributed by atoms with Gasteiger partial charge < -0.3 is 15.0 Å². The number of aryl methyl sites for hydroxylation is 1. The molecule has 0 fully saturated rings. The molecule has 0 bridgehead atoms. The molecule has 1 aromatic heterocycles. The number of fused-ring (bicyclic) bond motifs is 1. The van der Waals surface area contributed by atoms with Crippen LogP contribution >= 0.6 is 0 Å². The average Bonchev–Trinajstić information content (AvgIpc) is 2.99. The second-order valence-corrected chi connectivity index (χ2v) is 6.14. The minimum Gasteiger partial charge on any atom is -0.391 e. The maximum atomic E-state index is 11.3. The largest absolute Gasteiger partial charge is 0.391 e. The number of carbonyl (C=O) groups excluding carboxylic acids is 1. The van der Waals surface area contributed by atoms with E-state index in [9.17, 15) is 4.79 Å². The van der Waals surface area contributed by atoms with Crippen LogP contribution < -0.4 is 10.1 Å². The van der Waals surface area contributed by atoms with E-state index in [0.29, 0.717) is 11.4 Å². The molecule has 1 aliphatic carbocycles. The number of nitrogens with one attached hydrogen (secondary N) is 1. The van der Waals surface area contributed by atoms with Gasteiger partial charge in [-0.15, -0.1) is 0 Å². The van der Waals surface area contributed by atoms with Gasteiger partial charge in [-0.25, -0.2) is 0 Å². The first-order chi connectivity index (χ1) is 12.0. The standard InChI is InChI=1S/C18H19N5O2/c1-11(24)25-18-21-14-8-9-15(23(2)3)16(14)17(22-18)20-13-6-4-12(10-19)5-7-13/h4-7,15H,8-9H2,1-3H3,(H,20,21,22). The van der Waals surface area contributed by atoms with Gasteiger partial charge in [0.1, 0.15) is 5.82 Å². The number of hydrogen-bond donors (Lipinski definition) is 1. The zero-order chi connectivity index (χ0) is 18.0. The predicted molar refractivity (Wildman–Crippen MR) is 92.5 cm³/mol. The van der Waals surface area contributed by atoms with Crippen LogP contribution in [0.1, 0.15) is 36.2 Å². The first kappa shape index (κ1) is 16.9. The van der Waals surface area contributed by atoms with E-state index in [1.54, 1.807) is 12.1 Å². The summed E-state index contributed by atoms with van der Waals surface area (Å²) in [6.07, 6.45) is 1.74. The normalized spacial score (nSPS) is 15.6. The molecular weight excluding hydrogens is 318 g/mol. The van der Waals surface area contributed by atoms with Crippen LogP contribution in [0, 0.1) is 11.3 Å². The zero-order valence-corrected chi connectivity index (χ0v) is 14.4. The summed E-state index contributed by atoms with van der Waals surface area (Å²) in [5.41, 5.74) is 3.30. The molecule has 1 N–H and O–H groups in total. The summed E-state index contributed by atoms with van der Waals surface area (Å²) in [5.74, 6) is 0.175. The Kier molecular flexibility index (Phi) is 4.63. The summed E-state index contributed by atoms with van der Waals surface area (Å²) in [4.78, 5) is 22.2. The van der Waals surface area contributed by atoms with Crippen LogP contribution in [0.15, 0.2) is 24.3 Å². The Morgan fingerprint density at radius 1 is 1.32 bits per heavy atom. The third kappa shape index (κ3) is 3.59. The maximum Gasteiger partial charge on any atom is 0.326 e. The van der Waals surface area contributed by atoms with E-state index in [4.69, 9.17) is 10.00 Å². The first-order valence-electron chi connectivity index (χ1n) is 8.00. The van der Waals surface area contributed by atoms with Crippen LogP contribution in [0.5, 0.6) is 6.01 Å². The number of benzene rings is 1. The third-order valence-electron chi connectivity index (χ3n) is 4.13. The lowest BCUT2D eigenvalue weighted by atomic mass is 10.1. The Hall–Kier alpha value is -2.98. The molecule has 1 heterocycles. The molecule has 2 aromatic rings. The Morgan fingerprint density at radius 2 is 2.04 bits per heavy atom. The molecule has 1 unspecified atom stereocenters. The van der Waals surface area contributed by atoms with Crippen molar-refractivity contribution < 1.29 is 9.53 Å². The Balaban J connectivity index is 2.01. The number of hydrogen-bond acceptors (Lipinski definition) is 7. The summed E-state index contributed by atoms with van der Waals surface area (Å²) >= 11 is 0. The highest BCUT2D eigenvalue weighted by Crippen LogP contribution is 2.39. The first-order valence-corrected chi connectivity index (χ1v) is 8.00. The highest BCUT2D eigenvalue weighted by molar-refractivity contribution is 5.69. The van der Waals surface area contributed by atoms with E-state index in [1.807, 2.05) is 26.2 Å². The molecule has 25 heavy (non-hydrogen) atoms. The zero-order valence-electron chi connectivity index (χ0n) is 14.4. The van der Waals surface area contributed by atoms with Crippen molar-refractivity contribution in [1.82, 2.24) is 14.9 Å². The average molecular weight is 337 g/mol. The topological polar surface area (TPSA) is 91.1 Å². The molecule has 0 amide bonds. The fraction of sp³-hybridized carbons (Fsp3) is 0.333. The molecule has 0 saturated heterocycles. The molecule has 1 aromatic carbocycles. The van der Waals surface area contributed by atoms with E-state index in [2.05, 4.69) is 26.3 Å². The van der Waals surface area contributed by atoms with Crippen molar-refractivity contribution in [2.75, 3.05) is 19.4 Å². The van der Waals surface area contributed by atoms with Gasteiger partial charge in [-0.3, -0.25) is 4.79 Å². The molecule has 3 rings (SSSR count). The van der Waals surface area contributed by atoms with Crippen LogP contribution in [-0.4, -0.2) is 34.9 Å². The summed E-state index contributed by atoms with van der Waals surface area (Å²) in [6.45, 7) is 1.33. The molecule has 0 spiro atoms. The van der Waals surface area contributed by atoms with Gasteiger partial charge in [0.15, 0.2) is 0 Å². The molecule has 7 heteroatoms. The number of anilines is 2. The molecule has 0 radical (unpaired) electrons. The second-order valence-electron chi connectivity index (χ2n) is 6.14. The van der Waals surface area contributed by atoms with Gasteiger partial charge in [-0.2, -0.15) is 15.2 Å². The van der Waals surface area contributed by atoms with Crippen molar-refractivity contribution >= 4 is 17.5 Å². The Labute approximate surface area is 146 Å². The van der Waals surface area contributed by atoms with Crippen molar-refractivity contribution in [2.24, 2.45) is 0 Å². The molecule has 7 nitrogen and oxygen atoms in total. The van der Waals surface area contributed by atoms with Gasteiger partial charge in [-0.1, -0.05) is 0 Å². The monoisotopic (exact) mass is 337 g/mol. The molecule has 0 aliphatic heterocycles. The number of rotatable bonds is 4. The second kappa shape index (κ2) is 6.87. The van der Waals surface area contributed by atoms with Gasteiger partial charge >= 0.3 is 12.0 Å². The van der Waals surface area contributed by atoms with Crippen molar-refractivity contribution in [1.29, 1.82) is 5.26 Å². The quantitative estimate of drug-likeness (QED) is 0.857. The van der Waals surface area contributed by atoms with Gasteiger partial charge in [-0.05, 0) is 51.2 Å². The van der Waals surface area contributed by atoms with Crippen molar-refractivity contribution in [3.05, 3.63) is 41.1 Å². The van der Waals surface area contributed by atoms with Crippen LogP contribution in [0.4, 0.5) is 11.5 Å². The van der Waals surface area contributed by atoms with E-state index in [0.717, 1.165) is 29.8 Å². The van der Waals surface area contributed by atoms with E-state index in [-0.39, 0.29) is 12.1 Å². The summed E-state index contributed by atoms with van der Waals surface area (Å²) < 4.78 is 5.09. The van der Waals surface area contributed by atoms with Crippen LogP contribution in [-0.2, 0) is 11.2 Å². The highest BCUT2D eigenvalue weighted by atomic mass is 16.5. The maximum absolute atomic E-state index is 11.3. The van der Waals surface area contributed by atoms with Crippen LogP contribution in [0.25, 0.3) is 0 Å². The molecule has 1 aliphatic rings. The van der Waals surface area contributed by atoms with Crippen molar-refractivity contribution in [3.63, 3.8) is 0 Å². The molecule has 0 saturated carbocycles. The molecule has 128 valence electrons. The number of ether oxygens (including phenoxy) is 1. The van der Waals surface area contributed by atoms with Crippen LogP contribution in [0.3, 0.4) is 0 Å². The fourth-order valence-corrected chi connectivity index (χ4v) is 3.00. The van der Waals surface area contributed by atoms with Gasteiger partial charge in [0, 0.05) is 24.2 Å². The minimum atomic E-state index is -0.452. The summed E-state index contributed by atoms with van der Waals surface area (Å²) in [6, 6.07) is 9.46. The smallest absolute Gasteiger partial charge is 0.326 e. The summed E-state index contributed by atoms with van der Waals surface area (Å²) in [7, 11) is 4.04. The minimum absolute atomic E-state index is 0.0572. The van der Waals surface area contributed by atoms with Gasteiger partial charge in [0.05, 0.1) is 17.3 Å². The SMILES string of the molecule is CC(=O)Oc1nc2c(c(Nc3ccc(C#N)cc3)n1)C(N(C)C)CC2. The summed E-state index contributed by atoms with van der Waals surface area (Å²) in [5, 5.41) is 12.2. The molecule has 1 atom stereocenters. The number of esters is 1. The van der Waals surface area contributed by atoms with E-state index < -0.39 is 5.97 Å². The van der Waals surface area contributed by atoms with Crippen LogP contribution in [0.2, 0.25) is 0 Å². The highest BCUT2D eigenvalue weighted by Gasteiger charge is 2.30. The van der Waals surface area contributed by atoms with E-state index >= 15 is 0 Å². The third-order valence-corrected chi connectivity index (χ3v) is 4.13. The predicted octanol–water partition coefficient (Wildman–Crippen LogP) is 2.57.